The van der Waals surface area contributed by atoms with E-state index in [-0.39, 0.29) is 12.5 Å². The van der Waals surface area contributed by atoms with Gasteiger partial charge in [0.25, 0.3) is 5.91 Å². The van der Waals surface area contributed by atoms with Crippen LogP contribution in [0.5, 0.6) is 0 Å². The van der Waals surface area contributed by atoms with Crippen molar-refractivity contribution in [2.75, 3.05) is 7.11 Å². The molecule has 124 valence electrons. The van der Waals surface area contributed by atoms with Gasteiger partial charge in [-0.15, -0.1) is 11.3 Å². The van der Waals surface area contributed by atoms with Gasteiger partial charge in [0.05, 0.1) is 31.0 Å². The van der Waals surface area contributed by atoms with Crippen LogP contribution in [0.3, 0.4) is 0 Å². The normalized spacial score (nSPS) is 11.9. The van der Waals surface area contributed by atoms with Crippen LogP contribution >= 0.6 is 50.2 Å². The Morgan fingerprint density at radius 3 is 2.75 bits per heavy atom. The van der Waals surface area contributed by atoms with Crippen molar-refractivity contribution in [3.8, 4) is 0 Å². The third kappa shape index (κ3) is 3.46. The molecule has 0 unspecified atom stereocenters. The largest absolute Gasteiger partial charge is 0.468 e. The number of hydrogen-bond donors (Lipinski definition) is 0. The van der Waals surface area contributed by atoms with E-state index in [0.29, 0.717) is 20.2 Å². The van der Waals surface area contributed by atoms with Crippen molar-refractivity contribution >= 4 is 72.3 Å². The van der Waals surface area contributed by atoms with Crippen molar-refractivity contribution in [2.45, 2.75) is 6.54 Å². The number of thiophene rings is 1. The molecule has 0 spiro atoms. The lowest BCUT2D eigenvalue weighted by molar-refractivity contribution is -0.141. The summed E-state index contributed by atoms with van der Waals surface area (Å²) in [6.07, 6.45) is 0. The van der Waals surface area contributed by atoms with E-state index in [4.69, 9.17) is 16.3 Å². The minimum atomic E-state index is -0.442. The average molecular weight is 446 g/mol. The molecule has 0 N–H and O–H groups in total. The van der Waals surface area contributed by atoms with Crippen LogP contribution in [0.25, 0.3) is 10.2 Å². The van der Waals surface area contributed by atoms with Crippen LogP contribution in [0, 0.1) is 0 Å². The van der Waals surface area contributed by atoms with Crippen molar-refractivity contribution in [1.29, 1.82) is 0 Å². The second kappa shape index (κ2) is 7.18. The number of carbonyl (C=O) groups is 2. The Morgan fingerprint density at radius 1 is 1.29 bits per heavy atom. The van der Waals surface area contributed by atoms with Crippen molar-refractivity contribution in [2.24, 2.45) is 4.99 Å². The highest BCUT2D eigenvalue weighted by molar-refractivity contribution is 9.11. The maximum Gasteiger partial charge on any atom is 0.325 e. The predicted octanol–water partition coefficient (Wildman–Crippen LogP) is 4.09. The summed E-state index contributed by atoms with van der Waals surface area (Å²) in [6.45, 7) is -0.0690. The Morgan fingerprint density at radius 2 is 2.08 bits per heavy atom. The molecule has 0 bridgehead atoms. The Bertz CT molecular complexity index is 1010. The number of halogens is 2. The molecule has 2 heterocycles. The molecule has 0 fully saturated rings. The number of amides is 1. The maximum absolute atomic E-state index is 12.4. The highest BCUT2D eigenvalue weighted by Gasteiger charge is 2.15. The number of fused-ring (bicyclic) bond motifs is 1. The first-order valence-corrected chi connectivity index (χ1v) is 9.49. The van der Waals surface area contributed by atoms with E-state index in [9.17, 15) is 9.59 Å². The first-order valence-electron chi connectivity index (χ1n) is 6.68. The van der Waals surface area contributed by atoms with Gasteiger partial charge >= 0.3 is 5.97 Å². The van der Waals surface area contributed by atoms with E-state index in [2.05, 4.69) is 20.9 Å². The van der Waals surface area contributed by atoms with Crippen molar-refractivity contribution in [3.63, 3.8) is 0 Å². The van der Waals surface area contributed by atoms with Gasteiger partial charge in [-0.3, -0.25) is 9.59 Å². The van der Waals surface area contributed by atoms with Gasteiger partial charge in [0, 0.05) is 0 Å². The molecular formula is C15H10BrClN2O3S2. The molecule has 5 nitrogen and oxygen atoms in total. The van der Waals surface area contributed by atoms with Gasteiger partial charge in [0.2, 0.25) is 0 Å². The molecule has 0 saturated heterocycles. The Hall–Kier alpha value is -1.48. The second-order valence-electron chi connectivity index (χ2n) is 4.65. The SMILES string of the molecule is COC(=O)Cn1c(=NC(=O)c2ccc(Br)s2)sc2cccc(Cl)c21. The van der Waals surface area contributed by atoms with Crippen LogP contribution in [0.4, 0.5) is 0 Å². The third-order valence-electron chi connectivity index (χ3n) is 3.15. The Labute approximate surface area is 158 Å². The number of hydrogen-bond acceptors (Lipinski definition) is 5. The molecule has 1 amide bonds. The lowest BCUT2D eigenvalue weighted by atomic mass is 10.3. The van der Waals surface area contributed by atoms with Crippen LogP contribution in [0.15, 0.2) is 39.1 Å². The highest BCUT2D eigenvalue weighted by atomic mass is 79.9. The first-order chi connectivity index (χ1) is 11.5. The fourth-order valence-electron chi connectivity index (χ4n) is 2.08. The molecule has 1 aromatic carbocycles. The number of esters is 1. The van der Waals surface area contributed by atoms with Crippen LogP contribution in [0.1, 0.15) is 9.67 Å². The molecule has 0 atom stereocenters. The number of thiazole rings is 1. The minimum Gasteiger partial charge on any atom is -0.468 e. The fraction of sp³-hybridized carbons (Fsp3) is 0.133. The van der Waals surface area contributed by atoms with E-state index < -0.39 is 5.97 Å². The highest BCUT2D eigenvalue weighted by Crippen LogP contribution is 2.26. The van der Waals surface area contributed by atoms with Crippen LogP contribution in [0.2, 0.25) is 5.02 Å². The van der Waals surface area contributed by atoms with Gasteiger partial charge in [-0.2, -0.15) is 4.99 Å². The first kappa shape index (κ1) is 17.3. The third-order valence-corrected chi connectivity index (χ3v) is 6.11. The van der Waals surface area contributed by atoms with E-state index in [1.165, 1.54) is 29.8 Å². The predicted molar refractivity (Wildman–Crippen MR) is 98.8 cm³/mol. The molecular weight excluding hydrogens is 436 g/mol. The minimum absolute atomic E-state index is 0.0690. The summed E-state index contributed by atoms with van der Waals surface area (Å²) in [4.78, 5) is 29.2. The molecule has 0 saturated carbocycles. The van der Waals surface area contributed by atoms with E-state index >= 15 is 0 Å². The van der Waals surface area contributed by atoms with Gasteiger partial charge < -0.3 is 9.30 Å². The van der Waals surface area contributed by atoms with E-state index in [1.807, 2.05) is 12.1 Å². The maximum atomic E-state index is 12.4. The fourth-order valence-corrected chi connectivity index (χ4v) is 4.74. The van der Waals surface area contributed by atoms with Crippen LogP contribution in [-0.4, -0.2) is 23.6 Å². The summed E-state index contributed by atoms with van der Waals surface area (Å²) in [5, 5.41) is 0.487. The van der Waals surface area contributed by atoms with Crippen molar-refractivity contribution in [3.05, 3.63) is 48.8 Å². The van der Waals surface area contributed by atoms with E-state index in [1.54, 1.807) is 22.8 Å². The van der Waals surface area contributed by atoms with Crippen LogP contribution < -0.4 is 4.80 Å². The number of para-hydroxylation sites is 1. The standard InChI is InChI=1S/C15H10BrClN2O3S2/c1-22-12(20)7-19-13-8(17)3-2-4-9(13)24-15(19)18-14(21)10-5-6-11(16)23-10/h2-6H,7H2,1H3. The zero-order valence-corrected chi connectivity index (χ0v) is 16.3. The molecule has 24 heavy (non-hydrogen) atoms. The van der Waals surface area contributed by atoms with Gasteiger partial charge in [-0.1, -0.05) is 29.0 Å². The van der Waals surface area contributed by atoms with Gasteiger partial charge in [-0.25, -0.2) is 0 Å². The zero-order chi connectivity index (χ0) is 17.3. The molecule has 2 aromatic heterocycles. The summed E-state index contributed by atoms with van der Waals surface area (Å²) >= 11 is 12.2. The Balaban J connectivity index is 2.17. The summed E-state index contributed by atoms with van der Waals surface area (Å²) in [7, 11) is 1.31. The molecule has 9 heteroatoms. The number of carbonyl (C=O) groups excluding carboxylic acids is 2. The van der Waals surface area contributed by atoms with E-state index in [0.717, 1.165) is 8.49 Å². The molecule has 0 aliphatic heterocycles. The lowest BCUT2D eigenvalue weighted by Crippen LogP contribution is -2.22. The topological polar surface area (TPSA) is 60.7 Å². The molecule has 0 aliphatic rings. The number of aromatic nitrogens is 1. The number of nitrogens with zero attached hydrogens (tertiary/aromatic N) is 2. The summed E-state index contributed by atoms with van der Waals surface area (Å²) in [5.41, 5.74) is 0.661. The Kier molecular flexibility index (Phi) is 5.19. The molecule has 0 aliphatic carbocycles. The van der Waals surface area contributed by atoms with Gasteiger partial charge in [0.15, 0.2) is 4.80 Å². The smallest absolute Gasteiger partial charge is 0.325 e. The summed E-state index contributed by atoms with van der Waals surface area (Å²) in [5.74, 6) is -0.811. The number of benzene rings is 1. The average Bonchev–Trinajstić information content (AvgIpc) is 3.12. The van der Waals surface area contributed by atoms with Gasteiger partial charge in [-0.05, 0) is 40.2 Å². The van der Waals surface area contributed by atoms with Crippen molar-refractivity contribution in [1.82, 2.24) is 4.57 Å². The van der Waals surface area contributed by atoms with Gasteiger partial charge in [0.1, 0.15) is 6.54 Å². The summed E-state index contributed by atoms with van der Waals surface area (Å²) in [6, 6.07) is 8.89. The lowest BCUT2D eigenvalue weighted by Gasteiger charge is -2.04. The van der Waals surface area contributed by atoms with Crippen molar-refractivity contribution < 1.29 is 14.3 Å². The number of rotatable bonds is 3. The molecule has 0 radical (unpaired) electrons. The second-order valence-corrected chi connectivity index (χ2v) is 8.53. The number of ether oxygens (including phenoxy) is 1. The molecule has 3 aromatic rings. The summed E-state index contributed by atoms with van der Waals surface area (Å²) < 4.78 is 8.03. The monoisotopic (exact) mass is 444 g/mol. The van der Waals surface area contributed by atoms with Crippen LogP contribution in [-0.2, 0) is 16.1 Å². The molecule has 3 rings (SSSR count). The number of methoxy groups -OCH3 is 1. The quantitative estimate of drug-likeness (QED) is 0.570. The zero-order valence-electron chi connectivity index (χ0n) is 12.3.